The minimum absolute atomic E-state index is 0.287. The van der Waals surface area contributed by atoms with Crippen LogP contribution in [0.4, 0.5) is 0 Å². The number of methoxy groups -OCH3 is 1. The Morgan fingerprint density at radius 2 is 1.81 bits per heavy atom. The van der Waals surface area contributed by atoms with Gasteiger partial charge >= 0.3 is 5.97 Å². The average molecular weight is 369 g/mol. The second kappa shape index (κ2) is 10.7. The van der Waals surface area contributed by atoms with E-state index in [1.807, 2.05) is 36.4 Å². The van der Waals surface area contributed by atoms with Crippen molar-refractivity contribution in [3.05, 3.63) is 71.8 Å². The molecule has 2 aromatic rings. The first-order valence-electron chi connectivity index (χ1n) is 8.52. The van der Waals surface area contributed by atoms with Gasteiger partial charge in [-0.3, -0.25) is 4.79 Å². The van der Waals surface area contributed by atoms with Crippen molar-refractivity contribution in [1.82, 2.24) is 5.32 Å². The number of allylic oxidation sites excluding steroid dienone is 1. The zero-order chi connectivity index (χ0) is 19.5. The minimum atomic E-state index is -0.547. The van der Waals surface area contributed by atoms with Crippen LogP contribution in [0.25, 0.3) is 0 Å². The van der Waals surface area contributed by atoms with Crippen molar-refractivity contribution >= 4 is 11.9 Å². The van der Waals surface area contributed by atoms with E-state index in [1.54, 1.807) is 32.2 Å². The first-order chi connectivity index (χ1) is 13.1. The molecule has 0 unspecified atom stereocenters. The molecule has 6 heteroatoms. The number of rotatable bonds is 9. The smallest absolute Gasteiger partial charge is 0.330 e. The Balaban J connectivity index is 1.87. The fourth-order valence-corrected chi connectivity index (χ4v) is 2.25. The number of amides is 1. The van der Waals surface area contributed by atoms with E-state index in [0.29, 0.717) is 18.1 Å². The van der Waals surface area contributed by atoms with Gasteiger partial charge in [-0.2, -0.15) is 0 Å². The van der Waals surface area contributed by atoms with Crippen molar-refractivity contribution in [2.45, 2.75) is 20.1 Å². The summed E-state index contributed by atoms with van der Waals surface area (Å²) in [5.41, 5.74) is 1.90. The number of carbonyl (C=O) groups is 2. The topological polar surface area (TPSA) is 73.9 Å². The molecule has 0 saturated heterocycles. The van der Waals surface area contributed by atoms with Gasteiger partial charge in [0.1, 0.15) is 6.61 Å². The molecular formula is C21H23NO5. The van der Waals surface area contributed by atoms with E-state index in [0.717, 1.165) is 11.1 Å². The van der Waals surface area contributed by atoms with Gasteiger partial charge in [0.2, 0.25) is 0 Å². The van der Waals surface area contributed by atoms with E-state index in [2.05, 4.69) is 5.32 Å². The van der Waals surface area contributed by atoms with Gasteiger partial charge in [-0.15, -0.1) is 0 Å². The van der Waals surface area contributed by atoms with Crippen molar-refractivity contribution in [3.63, 3.8) is 0 Å². The third-order valence-electron chi connectivity index (χ3n) is 3.60. The van der Waals surface area contributed by atoms with Gasteiger partial charge in [0, 0.05) is 12.6 Å². The van der Waals surface area contributed by atoms with Gasteiger partial charge in [0.25, 0.3) is 5.91 Å². The molecule has 0 aromatic heterocycles. The molecule has 0 aliphatic carbocycles. The first kappa shape index (κ1) is 20.0. The van der Waals surface area contributed by atoms with Crippen molar-refractivity contribution < 1.29 is 23.8 Å². The van der Waals surface area contributed by atoms with Crippen LogP contribution in [0, 0.1) is 0 Å². The summed E-state index contributed by atoms with van der Waals surface area (Å²) in [6, 6.07) is 15.3. The average Bonchev–Trinajstić information content (AvgIpc) is 2.70. The minimum Gasteiger partial charge on any atom is -0.493 e. The van der Waals surface area contributed by atoms with Gasteiger partial charge in [0.05, 0.1) is 7.11 Å². The summed E-state index contributed by atoms with van der Waals surface area (Å²) >= 11 is 0. The van der Waals surface area contributed by atoms with Crippen LogP contribution >= 0.6 is 0 Å². The molecule has 0 aliphatic rings. The molecule has 0 spiro atoms. The number of ether oxygens (including phenoxy) is 3. The molecule has 1 amide bonds. The number of nitrogens with one attached hydrogen (secondary N) is 1. The summed E-state index contributed by atoms with van der Waals surface area (Å²) in [4.78, 5) is 22.9. The highest BCUT2D eigenvalue weighted by molar-refractivity contribution is 5.85. The monoisotopic (exact) mass is 369 g/mol. The van der Waals surface area contributed by atoms with Crippen LogP contribution < -0.4 is 14.8 Å². The zero-order valence-electron chi connectivity index (χ0n) is 15.4. The zero-order valence-corrected chi connectivity index (χ0v) is 15.4. The first-order valence-corrected chi connectivity index (χ1v) is 8.52. The van der Waals surface area contributed by atoms with Crippen LogP contribution in [0.1, 0.15) is 18.1 Å². The normalized spacial score (nSPS) is 10.4. The SMILES string of the molecule is C/C=C/C(=O)OCC(=O)NCc1ccc(OCc2ccccc2)c(OC)c1. The lowest BCUT2D eigenvalue weighted by molar-refractivity contribution is -0.143. The Morgan fingerprint density at radius 3 is 2.52 bits per heavy atom. The van der Waals surface area contributed by atoms with Crippen LogP contribution in [0.3, 0.4) is 0 Å². The molecule has 2 aromatic carbocycles. The second-order valence-electron chi connectivity index (χ2n) is 5.64. The van der Waals surface area contributed by atoms with Crippen LogP contribution in [0.15, 0.2) is 60.7 Å². The van der Waals surface area contributed by atoms with Gasteiger partial charge in [-0.05, 0) is 30.2 Å². The quantitative estimate of drug-likeness (QED) is 0.543. The summed E-state index contributed by atoms with van der Waals surface area (Å²) < 4.78 is 16.0. The van der Waals surface area contributed by atoms with Crippen molar-refractivity contribution in [2.75, 3.05) is 13.7 Å². The third kappa shape index (κ3) is 6.86. The molecule has 0 bridgehead atoms. The Kier molecular flexibility index (Phi) is 7.91. The molecule has 0 aliphatic heterocycles. The summed E-state index contributed by atoms with van der Waals surface area (Å²) in [5.74, 6) is 0.277. The molecule has 6 nitrogen and oxygen atoms in total. The fraction of sp³-hybridized carbons (Fsp3) is 0.238. The van der Waals surface area contributed by atoms with E-state index in [1.165, 1.54) is 6.08 Å². The van der Waals surface area contributed by atoms with E-state index in [4.69, 9.17) is 14.2 Å². The van der Waals surface area contributed by atoms with Gasteiger partial charge in [-0.25, -0.2) is 4.79 Å². The molecule has 0 radical (unpaired) electrons. The van der Waals surface area contributed by atoms with Crippen molar-refractivity contribution in [2.24, 2.45) is 0 Å². The summed E-state index contributed by atoms with van der Waals surface area (Å²) in [6.07, 6.45) is 2.81. The van der Waals surface area contributed by atoms with E-state index < -0.39 is 5.97 Å². The molecular weight excluding hydrogens is 346 g/mol. The highest BCUT2D eigenvalue weighted by Crippen LogP contribution is 2.28. The predicted molar refractivity (Wildman–Crippen MR) is 101 cm³/mol. The lowest BCUT2D eigenvalue weighted by atomic mass is 10.2. The second-order valence-corrected chi connectivity index (χ2v) is 5.64. The van der Waals surface area contributed by atoms with Crippen molar-refractivity contribution in [1.29, 1.82) is 0 Å². The summed E-state index contributed by atoms with van der Waals surface area (Å²) in [6.45, 7) is 2.10. The molecule has 142 valence electrons. The van der Waals surface area contributed by atoms with Crippen LogP contribution in [-0.2, 0) is 27.5 Å². The van der Waals surface area contributed by atoms with Gasteiger partial charge < -0.3 is 19.5 Å². The van der Waals surface area contributed by atoms with Gasteiger partial charge in [0.15, 0.2) is 18.1 Å². The molecule has 0 atom stereocenters. The molecule has 1 N–H and O–H groups in total. The Bertz CT molecular complexity index is 786. The summed E-state index contributed by atoms with van der Waals surface area (Å²) in [7, 11) is 1.56. The molecule has 2 rings (SSSR count). The maximum Gasteiger partial charge on any atom is 0.330 e. The van der Waals surface area contributed by atoms with E-state index >= 15 is 0 Å². The van der Waals surface area contributed by atoms with E-state index in [9.17, 15) is 9.59 Å². The predicted octanol–water partition coefficient (Wildman–Crippen LogP) is 3.01. The standard InChI is InChI=1S/C21H23NO5/c1-3-7-21(24)27-15-20(23)22-13-17-10-11-18(19(12-17)25-2)26-14-16-8-5-4-6-9-16/h3-12H,13-15H2,1-2H3,(H,22,23)/b7-3+. The number of hydrogen-bond acceptors (Lipinski definition) is 5. The van der Waals surface area contributed by atoms with Crippen molar-refractivity contribution in [3.8, 4) is 11.5 Å². The van der Waals surface area contributed by atoms with Gasteiger partial charge in [-0.1, -0.05) is 42.5 Å². The third-order valence-corrected chi connectivity index (χ3v) is 3.60. The van der Waals surface area contributed by atoms with E-state index in [-0.39, 0.29) is 19.1 Å². The number of benzene rings is 2. The van der Waals surface area contributed by atoms with Crippen LogP contribution in [0.5, 0.6) is 11.5 Å². The molecule has 27 heavy (non-hydrogen) atoms. The summed E-state index contributed by atoms with van der Waals surface area (Å²) in [5, 5.41) is 2.69. The number of carbonyl (C=O) groups excluding carboxylic acids is 2. The molecule has 0 saturated carbocycles. The van der Waals surface area contributed by atoms with Crippen LogP contribution in [0.2, 0.25) is 0 Å². The number of esters is 1. The maximum atomic E-state index is 11.7. The Morgan fingerprint density at radius 1 is 1.04 bits per heavy atom. The lowest BCUT2D eigenvalue weighted by Gasteiger charge is -2.13. The maximum absolute atomic E-state index is 11.7. The highest BCUT2D eigenvalue weighted by Gasteiger charge is 2.08. The molecule has 0 heterocycles. The highest BCUT2D eigenvalue weighted by atomic mass is 16.5. The largest absolute Gasteiger partial charge is 0.493 e. The fourth-order valence-electron chi connectivity index (χ4n) is 2.25. The Hall–Kier alpha value is -3.28. The lowest BCUT2D eigenvalue weighted by Crippen LogP contribution is -2.28. The Labute approximate surface area is 158 Å². The van der Waals surface area contributed by atoms with Crippen LogP contribution in [-0.4, -0.2) is 25.6 Å². The number of hydrogen-bond donors (Lipinski definition) is 1. The molecule has 0 fully saturated rings.